The molecule has 1 saturated carbocycles. The lowest BCUT2D eigenvalue weighted by atomic mass is 9.73. The topological polar surface area (TPSA) is 45.2 Å². The van der Waals surface area contributed by atoms with Gasteiger partial charge < -0.3 is 10.2 Å². The van der Waals surface area contributed by atoms with E-state index in [4.69, 9.17) is 0 Å². The van der Waals surface area contributed by atoms with Gasteiger partial charge >= 0.3 is 6.18 Å². The third-order valence-corrected chi connectivity index (χ3v) is 8.02. The standard InChI is InChI=1S/C30H32F3N3O/c1-21-9-11-25(22-7-3-2-4-8-22)26(17-21)28(37)36-16-15-29(13-5-6-14-29)18-24(36)20-35-27-12-10-23(19-34-27)30(31,32)33/h2-4,7-12,17,19,24H,5-6,13-16,18,20H2,1H3,(H,34,35). The molecule has 1 spiro atoms. The molecule has 2 aromatic carbocycles. The van der Waals surface area contributed by atoms with E-state index in [9.17, 15) is 18.0 Å². The molecule has 2 aliphatic rings. The van der Waals surface area contributed by atoms with Crippen LogP contribution in [-0.2, 0) is 6.18 Å². The number of anilines is 1. The molecule has 0 radical (unpaired) electrons. The second-order valence-corrected chi connectivity index (χ2v) is 10.5. The van der Waals surface area contributed by atoms with Gasteiger partial charge in [-0.3, -0.25) is 4.79 Å². The average molecular weight is 508 g/mol. The summed E-state index contributed by atoms with van der Waals surface area (Å²) in [6.45, 7) is 3.11. The van der Waals surface area contributed by atoms with Crippen LogP contribution in [0.5, 0.6) is 0 Å². The van der Waals surface area contributed by atoms with Crippen LogP contribution < -0.4 is 5.32 Å². The summed E-state index contributed by atoms with van der Waals surface area (Å²) in [5, 5.41) is 3.22. The predicted octanol–water partition coefficient (Wildman–Crippen LogP) is 7.35. The molecule has 3 aromatic rings. The number of halogens is 3. The molecule has 2 heterocycles. The molecule has 0 bridgehead atoms. The van der Waals surface area contributed by atoms with E-state index in [2.05, 4.69) is 10.3 Å². The molecule has 4 nitrogen and oxygen atoms in total. The maximum atomic E-state index is 14.1. The zero-order valence-corrected chi connectivity index (χ0v) is 21.0. The zero-order chi connectivity index (χ0) is 26.0. The SMILES string of the molecule is Cc1ccc(-c2ccccc2)c(C(=O)N2CCC3(CCCC3)CC2CNc2ccc(C(F)(F)F)cn2)c1. The van der Waals surface area contributed by atoms with Crippen LogP contribution in [0.15, 0.2) is 66.9 Å². The summed E-state index contributed by atoms with van der Waals surface area (Å²) in [7, 11) is 0. The van der Waals surface area contributed by atoms with Crippen LogP contribution >= 0.6 is 0 Å². The Bertz CT molecular complexity index is 1240. The number of hydrogen-bond acceptors (Lipinski definition) is 3. The van der Waals surface area contributed by atoms with Gasteiger partial charge in [0.2, 0.25) is 0 Å². The lowest BCUT2D eigenvalue weighted by Crippen LogP contribution is -2.52. The van der Waals surface area contributed by atoms with Crippen molar-refractivity contribution >= 4 is 11.7 Å². The number of benzene rings is 2. The third-order valence-electron chi connectivity index (χ3n) is 8.02. The van der Waals surface area contributed by atoms with E-state index in [1.807, 2.05) is 60.4 Å². The number of rotatable bonds is 5. The molecule has 1 atom stereocenters. The van der Waals surface area contributed by atoms with Crippen molar-refractivity contribution < 1.29 is 18.0 Å². The molecule has 1 aliphatic heterocycles. The average Bonchev–Trinajstić information content (AvgIpc) is 3.35. The van der Waals surface area contributed by atoms with Crippen LogP contribution in [0.1, 0.15) is 60.0 Å². The molecular formula is C30H32F3N3O. The van der Waals surface area contributed by atoms with Gasteiger partial charge in [-0.1, -0.05) is 60.9 Å². The van der Waals surface area contributed by atoms with Crippen molar-refractivity contribution in [3.63, 3.8) is 0 Å². The molecular weight excluding hydrogens is 475 g/mol. The predicted molar refractivity (Wildman–Crippen MR) is 139 cm³/mol. The van der Waals surface area contributed by atoms with E-state index in [1.54, 1.807) is 0 Å². The molecule has 7 heteroatoms. The number of alkyl halides is 3. The van der Waals surface area contributed by atoms with Crippen molar-refractivity contribution in [1.82, 2.24) is 9.88 Å². The second-order valence-electron chi connectivity index (χ2n) is 10.5. The highest BCUT2D eigenvalue weighted by molar-refractivity contribution is 6.01. The Balaban J connectivity index is 1.41. The number of hydrogen-bond donors (Lipinski definition) is 1. The fourth-order valence-corrected chi connectivity index (χ4v) is 6.03. The van der Waals surface area contributed by atoms with Crippen molar-refractivity contribution in [3.05, 3.63) is 83.6 Å². The Kier molecular flexibility index (Phi) is 6.97. The van der Waals surface area contributed by atoms with Crippen LogP contribution in [-0.4, -0.2) is 34.9 Å². The van der Waals surface area contributed by atoms with Crippen LogP contribution in [0.25, 0.3) is 11.1 Å². The lowest BCUT2D eigenvalue weighted by molar-refractivity contribution is -0.137. The smallest absolute Gasteiger partial charge is 0.368 e. The first-order valence-electron chi connectivity index (χ1n) is 13.0. The molecule has 37 heavy (non-hydrogen) atoms. The van der Waals surface area contributed by atoms with E-state index < -0.39 is 11.7 Å². The molecule has 1 aliphatic carbocycles. The zero-order valence-electron chi connectivity index (χ0n) is 21.0. The van der Waals surface area contributed by atoms with Crippen molar-refractivity contribution in [3.8, 4) is 11.1 Å². The highest BCUT2D eigenvalue weighted by Gasteiger charge is 2.43. The number of pyridine rings is 1. The number of likely N-dealkylation sites (tertiary alicyclic amines) is 1. The Morgan fingerprint density at radius 2 is 1.81 bits per heavy atom. The van der Waals surface area contributed by atoms with Gasteiger partial charge in [0.15, 0.2) is 0 Å². The monoisotopic (exact) mass is 507 g/mol. The minimum absolute atomic E-state index is 0.00239. The minimum Gasteiger partial charge on any atom is -0.368 e. The highest BCUT2D eigenvalue weighted by atomic mass is 19.4. The first-order valence-corrected chi connectivity index (χ1v) is 13.0. The highest BCUT2D eigenvalue weighted by Crippen LogP contribution is 2.48. The minimum atomic E-state index is -4.42. The normalized spacial score (nSPS) is 19.2. The summed E-state index contributed by atoms with van der Waals surface area (Å²) in [6, 6.07) is 18.3. The molecule has 1 saturated heterocycles. The van der Waals surface area contributed by atoms with Gasteiger partial charge in [0.25, 0.3) is 5.91 Å². The van der Waals surface area contributed by atoms with Crippen LogP contribution in [0.3, 0.4) is 0 Å². The number of nitrogens with zero attached hydrogens (tertiary/aromatic N) is 2. The summed E-state index contributed by atoms with van der Waals surface area (Å²) >= 11 is 0. The van der Waals surface area contributed by atoms with Gasteiger partial charge in [-0.2, -0.15) is 13.2 Å². The third kappa shape index (κ3) is 5.50. The number of aryl methyl sites for hydroxylation is 1. The Morgan fingerprint density at radius 1 is 1.05 bits per heavy atom. The molecule has 5 rings (SSSR count). The van der Waals surface area contributed by atoms with Crippen molar-refractivity contribution in [2.24, 2.45) is 5.41 Å². The van der Waals surface area contributed by atoms with Gasteiger partial charge in [-0.25, -0.2) is 4.98 Å². The molecule has 1 unspecified atom stereocenters. The summed E-state index contributed by atoms with van der Waals surface area (Å²) in [5.74, 6) is 0.384. The quantitative estimate of drug-likeness (QED) is 0.393. The van der Waals surface area contributed by atoms with Crippen LogP contribution in [0.2, 0.25) is 0 Å². The first-order chi connectivity index (χ1) is 17.7. The maximum absolute atomic E-state index is 14.1. The first kappa shape index (κ1) is 25.3. The van der Waals surface area contributed by atoms with Crippen LogP contribution in [0, 0.1) is 12.3 Å². The van der Waals surface area contributed by atoms with Crippen molar-refractivity contribution in [2.75, 3.05) is 18.4 Å². The van der Waals surface area contributed by atoms with Crippen molar-refractivity contribution in [2.45, 2.75) is 57.7 Å². The number of nitrogens with one attached hydrogen (secondary N) is 1. The fourth-order valence-electron chi connectivity index (χ4n) is 6.03. The number of carbonyl (C=O) groups is 1. The van der Waals surface area contributed by atoms with Gasteiger partial charge in [0.05, 0.1) is 5.56 Å². The van der Waals surface area contributed by atoms with E-state index >= 15 is 0 Å². The van der Waals surface area contributed by atoms with E-state index in [1.165, 1.54) is 31.7 Å². The van der Waals surface area contributed by atoms with E-state index in [0.29, 0.717) is 24.5 Å². The lowest BCUT2D eigenvalue weighted by Gasteiger charge is -2.45. The Labute approximate surface area is 215 Å². The largest absolute Gasteiger partial charge is 0.417 e. The number of aromatic nitrogens is 1. The fraction of sp³-hybridized carbons (Fsp3) is 0.400. The van der Waals surface area contributed by atoms with Crippen molar-refractivity contribution in [1.29, 1.82) is 0 Å². The number of piperidine rings is 1. The second kappa shape index (κ2) is 10.2. The molecule has 2 fully saturated rings. The van der Waals surface area contributed by atoms with Gasteiger partial charge in [0, 0.05) is 30.9 Å². The van der Waals surface area contributed by atoms with E-state index in [-0.39, 0.29) is 17.4 Å². The summed E-state index contributed by atoms with van der Waals surface area (Å²) in [4.78, 5) is 20.0. The molecule has 1 N–H and O–H groups in total. The maximum Gasteiger partial charge on any atom is 0.417 e. The van der Waals surface area contributed by atoms with Gasteiger partial charge in [-0.05, 0) is 67.3 Å². The molecule has 194 valence electrons. The summed E-state index contributed by atoms with van der Waals surface area (Å²) in [6.07, 6.45) is 3.07. The summed E-state index contributed by atoms with van der Waals surface area (Å²) in [5.41, 5.74) is 3.09. The number of amides is 1. The Morgan fingerprint density at radius 3 is 2.49 bits per heavy atom. The Hall–Kier alpha value is -3.35. The van der Waals surface area contributed by atoms with Gasteiger partial charge in [-0.15, -0.1) is 0 Å². The van der Waals surface area contributed by atoms with E-state index in [0.717, 1.165) is 41.8 Å². The van der Waals surface area contributed by atoms with Gasteiger partial charge in [0.1, 0.15) is 5.82 Å². The van der Waals surface area contributed by atoms with Crippen LogP contribution in [0.4, 0.5) is 19.0 Å². The summed E-state index contributed by atoms with van der Waals surface area (Å²) < 4.78 is 38.8. The molecule has 1 aromatic heterocycles. The molecule has 1 amide bonds. The number of carbonyl (C=O) groups excluding carboxylic acids is 1.